The molecule has 0 N–H and O–H groups in total. The predicted molar refractivity (Wildman–Crippen MR) is 189 cm³/mol. The molecule has 0 saturated carbocycles. The third-order valence-corrected chi connectivity index (χ3v) is 9.08. The van der Waals surface area contributed by atoms with Crippen LogP contribution in [0.5, 0.6) is 11.5 Å². The van der Waals surface area contributed by atoms with Crippen molar-refractivity contribution in [2.24, 2.45) is 0 Å². The van der Waals surface area contributed by atoms with Crippen molar-refractivity contribution in [3.63, 3.8) is 0 Å². The highest BCUT2D eigenvalue weighted by atomic mass is 32.2. The van der Waals surface area contributed by atoms with Crippen LogP contribution in [-0.4, -0.2) is 11.7 Å². The largest absolute Gasteiger partial charge is 0.461 e. The zero-order valence-electron chi connectivity index (χ0n) is 26.4. The highest BCUT2D eigenvalue weighted by Gasteiger charge is 2.46. The van der Waals surface area contributed by atoms with Gasteiger partial charge in [-0.15, -0.1) is 6.58 Å². The van der Waals surface area contributed by atoms with Crippen LogP contribution in [0.1, 0.15) is 56.2 Å². The molecule has 45 heavy (non-hydrogen) atoms. The Morgan fingerprint density at radius 3 is 1.71 bits per heavy atom. The number of esters is 1. The summed E-state index contributed by atoms with van der Waals surface area (Å²) in [5, 5.41) is 0. The molecule has 0 fully saturated rings. The molecular weight excluding hydrogens is 573 g/mol. The molecule has 228 valence electrons. The van der Waals surface area contributed by atoms with Crippen molar-refractivity contribution in [3.8, 4) is 33.8 Å². The Balaban J connectivity index is 1.49. The van der Waals surface area contributed by atoms with Gasteiger partial charge in [-0.25, -0.2) is 4.79 Å². The minimum Gasteiger partial charge on any atom is -0.461 e. The summed E-state index contributed by atoms with van der Waals surface area (Å²) in [6.07, 6.45) is 1.77. The standard InChI is InChI=1S/C41H40O3S/c1-6-26-45-41(44-39-16-8-7-9-17-39,37-22-18-31(19-23-37)35-14-10-12-33(27-35)29(2)3)40(42)43-38-24-20-32(21-25-38)36-15-11-13-34(28-36)30(4)5/h6-25,27-30H,1,26H2,2-5H3. The Morgan fingerprint density at radius 1 is 0.667 bits per heavy atom. The van der Waals surface area contributed by atoms with E-state index in [1.54, 1.807) is 6.08 Å². The summed E-state index contributed by atoms with van der Waals surface area (Å²) in [5.41, 5.74) is 7.63. The van der Waals surface area contributed by atoms with Gasteiger partial charge in [0.1, 0.15) is 11.5 Å². The maximum atomic E-state index is 14.3. The molecule has 0 heterocycles. The van der Waals surface area contributed by atoms with Crippen molar-refractivity contribution in [1.29, 1.82) is 0 Å². The Morgan fingerprint density at radius 2 is 1.20 bits per heavy atom. The summed E-state index contributed by atoms with van der Waals surface area (Å²) in [5.74, 6) is 1.86. The summed E-state index contributed by atoms with van der Waals surface area (Å²) in [6, 6.07) is 42.1. The van der Waals surface area contributed by atoms with E-state index in [9.17, 15) is 4.79 Å². The molecular formula is C41H40O3S. The monoisotopic (exact) mass is 612 g/mol. The van der Waals surface area contributed by atoms with E-state index in [1.165, 1.54) is 22.9 Å². The van der Waals surface area contributed by atoms with Crippen molar-refractivity contribution in [2.45, 2.75) is 44.5 Å². The molecule has 5 aromatic rings. The Labute approximate surface area is 271 Å². The van der Waals surface area contributed by atoms with E-state index in [-0.39, 0.29) is 0 Å². The predicted octanol–water partition coefficient (Wildman–Crippen LogP) is 11.0. The molecule has 4 heteroatoms. The second-order valence-corrected chi connectivity index (χ2v) is 12.9. The van der Waals surface area contributed by atoms with Gasteiger partial charge in [0.25, 0.3) is 4.93 Å². The first kappa shape index (κ1) is 31.9. The molecule has 0 radical (unpaired) electrons. The number of thioether (sulfide) groups is 1. The van der Waals surface area contributed by atoms with E-state index < -0.39 is 10.9 Å². The molecule has 1 unspecified atom stereocenters. The fourth-order valence-corrected chi connectivity index (χ4v) is 6.12. The fourth-order valence-electron chi connectivity index (χ4n) is 5.15. The molecule has 3 nitrogen and oxygen atoms in total. The van der Waals surface area contributed by atoms with Gasteiger partial charge >= 0.3 is 5.97 Å². The summed E-state index contributed by atoms with van der Waals surface area (Å²) in [4.78, 5) is 12.8. The Kier molecular flexibility index (Phi) is 10.3. The van der Waals surface area contributed by atoms with Crippen molar-refractivity contribution >= 4 is 17.7 Å². The van der Waals surface area contributed by atoms with Crippen molar-refractivity contribution in [2.75, 3.05) is 5.75 Å². The van der Waals surface area contributed by atoms with Gasteiger partial charge in [-0.2, -0.15) is 0 Å². The number of hydrogen-bond acceptors (Lipinski definition) is 4. The summed E-state index contributed by atoms with van der Waals surface area (Å²) >= 11 is 1.34. The molecule has 0 aliphatic heterocycles. The van der Waals surface area contributed by atoms with Gasteiger partial charge < -0.3 is 9.47 Å². The molecule has 5 aromatic carbocycles. The van der Waals surface area contributed by atoms with Gasteiger partial charge in [-0.1, -0.05) is 149 Å². The molecule has 0 amide bonds. The summed E-state index contributed by atoms with van der Waals surface area (Å²) in [6.45, 7) is 12.7. The lowest BCUT2D eigenvalue weighted by Gasteiger charge is -2.32. The molecule has 0 aliphatic rings. The van der Waals surface area contributed by atoms with Crippen LogP contribution in [0, 0.1) is 0 Å². The average Bonchev–Trinajstić information content (AvgIpc) is 3.07. The Bertz CT molecular complexity index is 1720. The number of hydrogen-bond donors (Lipinski definition) is 0. The second-order valence-electron chi connectivity index (χ2n) is 11.7. The van der Waals surface area contributed by atoms with Crippen LogP contribution in [0.25, 0.3) is 22.3 Å². The lowest BCUT2D eigenvalue weighted by atomic mass is 9.96. The number of ether oxygens (including phenoxy) is 2. The Hall–Kier alpha value is -4.54. The first-order chi connectivity index (χ1) is 21.8. The number of para-hydroxylation sites is 1. The number of rotatable bonds is 12. The first-order valence-electron chi connectivity index (χ1n) is 15.4. The molecule has 0 aromatic heterocycles. The maximum absolute atomic E-state index is 14.3. The number of carbonyl (C=O) groups excluding carboxylic acids is 1. The van der Waals surface area contributed by atoms with E-state index in [2.05, 4.69) is 82.8 Å². The third kappa shape index (κ3) is 7.58. The topological polar surface area (TPSA) is 35.5 Å². The van der Waals surface area contributed by atoms with Crippen molar-refractivity contribution < 1.29 is 14.3 Å². The van der Waals surface area contributed by atoms with Crippen LogP contribution in [0.15, 0.2) is 140 Å². The molecule has 0 spiro atoms. The van der Waals surface area contributed by atoms with Gasteiger partial charge in [-0.3, -0.25) is 0 Å². The van der Waals surface area contributed by atoms with E-state index in [1.807, 2.05) is 78.9 Å². The van der Waals surface area contributed by atoms with E-state index in [0.29, 0.717) is 34.7 Å². The summed E-state index contributed by atoms with van der Waals surface area (Å²) < 4.78 is 12.7. The summed E-state index contributed by atoms with van der Waals surface area (Å²) in [7, 11) is 0. The SMILES string of the molecule is C=CCSC(Oc1ccccc1)(C(=O)Oc1ccc(-c2cccc(C(C)C)c2)cc1)c1ccc(-c2cccc(C(C)C)c2)cc1. The van der Waals surface area contributed by atoms with Crippen LogP contribution < -0.4 is 9.47 Å². The van der Waals surface area contributed by atoms with Gasteiger partial charge in [0.2, 0.25) is 0 Å². The van der Waals surface area contributed by atoms with Crippen LogP contribution >= 0.6 is 11.8 Å². The van der Waals surface area contributed by atoms with Crippen LogP contribution in [-0.2, 0) is 9.73 Å². The normalized spacial score (nSPS) is 12.5. The number of carbonyl (C=O) groups is 1. The molecule has 1 atom stereocenters. The smallest absolute Gasteiger partial charge is 0.371 e. The van der Waals surface area contributed by atoms with Gasteiger partial charge in [-0.05, 0) is 69.5 Å². The number of benzene rings is 5. The average molecular weight is 613 g/mol. The fraction of sp³-hybridized carbons (Fsp3) is 0.195. The maximum Gasteiger partial charge on any atom is 0.371 e. The van der Waals surface area contributed by atoms with E-state index in [0.717, 1.165) is 22.3 Å². The van der Waals surface area contributed by atoms with E-state index >= 15 is 0 Å². The molecule has 0 bridgehead atoms. The third-order valence-electron chi connectivity index (χ3n) is 7.78. The van der Waals surface area contributed by atoms with Crippen LogP contribution in [0.4, 0.5) is 0 Å². The second kappa shape index (κ2) is 14.5. The van der Waals surface area contributed by atoms with Crippen molar-refractivity contribution in [3.05, 3.63) is 157 Å². The van der Waals surface area contributed by atoms with Gasteiger partial charge in [0.05, 0.1) is 0 Å². The lowest BCUT2D eigenvalue weighted by molar-refractivity contribution is -0.145. The van der Waals surface area contributed by atoms with E-state index in [4.69, 9.17) is 9.47 Å². The quantitative estimate of drug-likeness (QED) is 0.0608. The zero-order valence-corrected chi connectivity index (χ0v) is 27.2. The minimum atomic E-state index is -1.47. The molecule has 0 saturated heterocycles. The first-order valence-corrected chi connectivity index (χ1v) is 16.4. The minimum absolute atomic E-state index is 0.431. The van der Waals surface area contributed by atoms with Crippen LogP contribution in [0.2, 0.25) is 0 Å². The lowest BCUT2D eigenvalue weighted by Crippen LogP contribution is -2.42. The zero-order chi connectivity index (χ0) is 31.8. The highest BCUT2D eigenvalue weighted by molar-refractivity contribution is 8.00. The van der Waals surface area contributed by atoms with Crippen molar-refractivity contribution in [1.82, 2.24) is 0 Å². The molecule has 5 rings (SSSR count). The molecule has 0 aliphatic carbocycles. The highest BCUT2D eigenvalue weighted by Crippen LogP contribution is 2.41. The van der Waals surface area contributed by atoms with Crippen LogP contribution in [0.3, 0.4) is 0 Å². The van der Waals surface area contributed by atoms with Gasteiger partial charge in [0.15, 0.2) is 0 Å². The van der Waals surface area contributed by atoms with Gasteiger partial charge in [0, 0.05) is 11.3 Å².